The molecule has 0 aliphatic rings. The Morgan fingerprint density at radius 2 is 1.67 bits per heavy atom. The molecule has 0 bridgehead atoms. The quantitative estimate of drug-likeness (QED) is 0.0931. The van der Waals surface area contributed by atoms with Crippen LogP contribution < -0.4 is 0 Å². The van der Waals surface area contributed by atoms with E-state index in [0.717, 1.165) is 17.0 Å². The Morgan fingerprint density at radius 1 is 1.14 bits per heavy atom. The highest BCUT2D eigenvalue weighted by Crippen LogP contribution is 2.17. The SMILES string of the molecule is C/C=C(\C)C(C)OCC(F)(F)F.C/C=C\c1c(C)[nH]c(=S)n1C(=O)CN(C)CCCOC(C)=O.CC.CC.CC=NC. The van der Waals surface area contributed by atoms with Gasteiger partial charge in [0.15, 0.2) is 4.77 Å². The maximum absolute atomic E-state index is 12.4. The molecule has 246 valence electrons. The number of aromatic amines is 1. The highest BCUT2D eigenvalue weighted by molar-refractivity contribution is 7.71. The highest BCUT2D eigenvalue weighted by Gasteiger charge is 2.28. The smallest absolute Gasteiger partial charge is 0.411 e. The van der Waals surface area contributed by atoms with Gasteiger partial charge in [-0.1, -0.05) is 39.8 Å². The fraction of sp³-hybridized carbons (Fsp3) is 0.667. The van der Waals surface area contributed by atoms with Crippen molar-refractivity contribution < 1.29 is 32.2 Å². The third kappa shape index (κ3) is 25.2. The van der Waals surface area contributed by atoms with Crippen LogP contribution in [0.25, 0.3) is 6.08 Å². The molecule has 0 amide bonds. The number of nitrogens with one attached hydrogen (secondary N) is 1. The second-order valence-electron chi connectivity index (χ2n) is 8.22. The van der Waals surface area contributed by atoms with Gasteiger partial charge in [-0.25, -0.2) is 0 Å². The van der Waals surface area contributed by atoms with E-state index in [2.05, 4.69) is 14.7 Å². The van der Waals surface area contributed by atoms with Crippen molar-refractivity contribution in [2.45, 2.75) is 94.9 Å². The summed E-state index contributed by atoms with van der Waals surface area (Å²) in [6, 6.07) is 0. The fourth-order valence-corrected chi connectivity index (χ4v) is 3.03. The number of ether oxygens (including phenoxy) is 2. The molecule has 0 saturated carbocycles. The molecule has 1 aromatic heterocycles. The molecule has 1 heterocycles. The van der Waals surface area contributed by atoms with Gasteiger partial charge in [0, 0.05) is 26.2 Å². The topological polar surface area (TPSA) is 88.9 Å². The zero-order chi connectivity index (χ0) is 33.9. The van der Waals surface area contributed by atoms with Crippen LogP contribution >= 0.6 is 12.2 Å². The van der Waals surface area contributed by atoms with Crippen LogP contribution in [0.2, 0.25) is 0 Å². The van der Waals surface area contributed by atoms with Crippen LogP contribution in [0.15, 0.2) is 22.7 Å². The summed E-state index contributed by atoms with van der Waals surface area (Å²) in [5, 5.41) is 0. The van der Waals surface area contributed by atoms with Crippen LogP contribution in [0.4, 0.5) is 13.2 Å². The Bertz CT molecular complexity index is 980. The van der Waals surface area contributed by atoms with Crippen molar-refractivity contribution in [1.29, 1.82) is 0 Å². The largest absolute Gasteiger partial charge is 0.466 e. The molecule has 0 aromatic carbocycles. The van der Waals surface area contributed by atoms with Crippen LogP contribution in [-0.4, -0.2) is 85.2 Å². The molecule has 1 rings (SSSR count). The monoisotopic (exact) mass is 624 g/mol. The summed E-state index contributed by atoms with van der Waals surface area (Å²) < 4.78 is 46.3. The molecule has 1 atom stereocenters. The number of imidazole rings is 1. The lowest BCUT2D eigenvalue weighted by molar-refractivity contribution is -0.180. The maximum Gasteiger partial charge on any atom is 0.411 e. The van der Waals surface area contributed by atoms with Crippen LogP contribution in [0, 0.1) is 11.7 Å². The molecular weight excluding hydrogens is 569 g/mol. The minimum Gasteiger partial charge on any atom is -0.466 e. The Labute approximate surface area is 257 Å². The lowest BCUT2D eigenvalue weighted by atomic mass is 10.2. The molecule has 42 heavy (non-hydrogen) atoms. The number of nitrogens with zero attached hydrogens (tertiary/aromatic N) is 3. The second kappa shape index (κ2) is 28.5. The van der Waals surface area contributed by atoms with Crippen LogP contribution in [0.1, 0.15) is 91.8 Å². The number of likely N-dealkylation sites (N-methyl/N-ethyl adjacent to an activating group) is 1. The lowest BCUT2D eigenvalue weighted by Gasteiger charge is -2.16. The van der Waals surface area contributed by atoms with E-state index in [-0.39, 0.29) is 18.4 Å². The first kappa shape index (κ1) is 46.4. The van der Waals surface area contributed by atoms with Crippen molar-refractivity contribution >= 4 is 36.4 Å². The third-order valence-corrected chi connectivity index (χ3v) is 5.23. The van der Waals surface area contributed by atoms with Crippen molar-refractivity contribution in [3.63, 3.8) is 0 Å². The molecular formula is C30H55F3N4O4S. The number of allylic oxidation sites excluding steroid dienone is 2. The van der Waals surface area contributed by atoms with Crippen molar-refractivity contribution in [2.24, 2.45) is 4.99 Å². The summed E-state index contributed by atoms with van der Waals surface area (Å²) in [5.74, 6) is -0.374. The average Bonchev–Trinajstić information content (AvgIpc) is 3.23. The number of carbonyl (C=O) groups is 2. The van der Waals surface area contributed by atoms with E-state index in [1.54, 1.807) is 40.1 Å². The molecule has 8 nitrogen and oxygen atoms in total. The van der Waals surface area contributed by atoms with E-state index in [1.165, 1.54) is 11.5 Å². The summed E-state index contributed by atoms with van der Waals surface area (Å²) >= 11 is 5.22. The Balaban J connectivity index is -0.000000303. The van der Waals surface area contributed by atoms with E-state index in [4.69, 9.17) is 17.0 Å². The van der Waals surface area contributed by atoms with Gasteiger partial charge in [-0.15, -0.1) is 0 Å². The number of carbonyl (C=O) groups excluding carboxylic acids is 2. The van der Waals surface area contributed by atoms with Gasteiger partial charge in [0.05, 0.1) is 24.9 Å². The van der Waals surface area contributed by atoms with Gasteiger partial charge in [0.2, 0.25) is 5.91 Å². The molecule has 1 aromatic rings. The molecule has 0 fully saturated rings. The van der Waals surface area contributed by atoms with Crippen molar-refractivity contribution in [2.75, 3.05) is 40.4 Å². The number of aryl methyl sites for hydroxylation is 1. The number of hydrogen-bond acceptors (Lipinski definition) is 7. The standard InChI is InChI=1S/C15H23N3O3S.C8H13F3O.C3H7N.2C2H6/c1-5-7-13-11(2)16-15(22)18(13)14(20)10-17(4)8-6-9-21-12(3)19;1-4-6(2)7(3)12-5-8(9,10)11;1-3-4-2;2*1-2/h5,7H,6,8-10H2,1-4H3,(H,16,22);4,7H,5H2,1-3H3;3H,1-2H3;2*1-2H3/b7-5-;6-4+;;;. The zero-order valence-electron chi connectivity index (χ0n) is 27.9. The van der Waals surface area contributed by atoms with Gasteiger partial charge in [-0.3, -0.25) is 19.1 Å². The molecule has 0 aliphatic heterocycles. The maximum atomic E-state index is 12.4. The van der Waals surface area contributed by atoms with Crippen molar-refractivity contribution in [1.82, 2.24) is 14.5 Å². The van der Waals surface area contributed by atoms with E-state index >= 15 is 0 Å². The number of alkyl halides is 3. The van der Waals surface area contributed by atoms with E-state index < -0.39 is 18.9 Å². The minimum absolute atomic E-state index is 0.0857. The van der Waals surface area contributed by atoms with Gasteiger partial charge >= 0.3 is 12.1 Å². The minimum atomic E-state index is -4.23. The Kier molecular flexibility index (Phi) is 31.5. The number of aliphatic imine (C=N–C) groups is 1. The average molecular weight is 625 g/mol. The lowest BCUT2D eigenvalue weighted by Crippen LogP contribution is -2.31. The molecule has 1 unspecified atom stereocenters. The number of H-pyrrole nitrogens is 1. The van der Waals surface area contributed by atoms with Crippen LogP contribution in [0.5, 0.6) is 0 Å². The second-order valence-corrected chi connectivity index (χ2v) is 8.61. The number of aromatic nitrogens is 2. The van der Waals surface area contributed by atoms with Crippen LogP contribution in [0.3, 0.4) is 0 Å². The third-order valence-electron chi connectivity index (χ3n) is 4.94. The summed E-state index contributed by atoms with van der Waals surface area (Å²) in [7, 11) is 3.60. The first-order valence-electron chi connectivity index (χ1n) is 14.1. The van der Waals surface area contributed by atoms with E-state index in [9.17, 15) is 22.8 Å². The normalized spacial score (nSPS) is 11.8. The van der Waals surface area contributed by atoms with Gasteiger partial charge in [-0.05, 0) is 85.1 Å². The molecule has 0 aliphatic carbocycles. The first-order chi connectivity index (χ1) is 19.6. The fourth-order valence-electron chi connectivity index (χ4n) is 2.68. The van der Waals surface area contributed by atoms with Crippen LogP contribution in [-0.2, 0) is 14.3 Å². The zero-order valence-corrected chi connectivity index (χ0v) is 28.8. The summed E-state index contributed by atoms with van der Waals surface area (Å²) in [6.45, 7) is 20.2. The predicted octanol–water partition coefficient (Wildman–Crippen LogP) is 8.09. The number of rotatable bonds is 10. The number of hydrogen-bond donors (Lipinski definition) is 1. The van der Waals surface area contributed by atoms with Gasteiger partial charge in [-0.2, -0.15) is 13.2 Å². The summed E-state index contributed by atoms with van der Waals surface area (Å²) in [5.41, 5.74) is 2.46. The number of esters is 1. The molecule has 0 saturated heterocycles. The first-order valence-corrected chi connectivity index (χ1v) is 14.5. The van der Waals surface area contributed by atoms with E-state index in [1.807, 2.05) is 72.6 Å². The Morgan fingerprint density at radius 3 is 2.07 bits per heavy atom. The molecule has 0 spiro atoms. The molecule has 0 radical (unpaired) electrons. The van der Waals surface area contributed by atoms with Crippen molar-refractivity contribution in [3.8, 4) is 0 Å². The molecule has 12 heteroatoms. The van der Waals surface area contributed by atoms with E-state index in [0.29, 0.717) is 24.3 Å². The number of halogens is 3. The Hall–Kier alpha value is -2.57. The highest BCUT2D eigenvalue weighted by atomic mass is 32.1. The summed E-state index contributed by atoms with van der Waals surface area (Å²) in [6.07, 6.45) is 3.21. The van der Waals surface area contributed by atoms with Gasteiger partial charge in [0.1, 0.15) is 6.61 Å². The molecule has 1 N–H and O–H groups in total. The summed E-state index contributed by atoms with van der Waals surface area (Å²) in [4.78, 5) is 31.6. The van der Waals surface area contributed by atoms with Gasteiger partial charge in [0.25, 0.3) is 0 Å². The predicted molar refractivity (Wildman–Crippen MR) is 172 cm³/mol. The van der Waals surface area contributed by atoms with Gasteiger partial charge < -0.3 is 19.5 Å². The van der Waals surface area contributed by atoms with Crippen molar-refractivity contribution in [3.05, 3.63) is 33.9 Å².